The summed E-state index contributed by atoms with van der Waals surface area (Å²) < 4.78 is 5.42. The molecule has 1 heterocycles. The van der Waals surface area contributed by atoms with Gasteiger partial charge in [-0.1, -0.05) is 39.7 Å². The zero-order valence-corrected chi connectivity index (χ0v) is 12.9. The molecule has 3 heteroatoms. The van der Waals surface area contributed by atoms with E-state index in [1.165, 1.54) is 24.8 Å². The van der Waals surface area contributed by atoms with Gasteiger partial charge in [0.25, 0.3) is 0 Å². The quantitative estimate of drug-likeness (QED) is 0.710. The first-order chi connectivity index (χ1) is 8.78. The summed E-state index contributed by atoms with van der Waals surface area (Å²) in [5, 5.41) is 1.91. The number of rotatable bonds is 5. The van der Waals surface area contributed by atoms with Crippen LogP contribution in [-0.4, -0.2) is 18.5 Å². The zero-order chi connectivity index (χ0) is 12.8. The molecule has 1 aliphatic rings. The minimum atomic E-state index is 0.701. The molecular formula is C15H20BrClO. The molecule has 0 bridgehead atoms. The second kappa shape index (κ2) is 7.52. The number of alkyl halides is 1. The minimum Gasteiger partial charge on any atom is -0.381 e. The van der Waals surface area contributed by atoms with Crippen LogP contribution in [0.25, 0.3) is 0 Å². The van der Waals surface area contributed by atoms with Gasteiger partial charge in [-0.15, -0.1) is 0 Å². The van der Waals surface area contributed by atoms with E-state index in [0.29, 0.717) is 5.92 Å². The number of halogens is 2. The molecule has 1 atom stereocenters. The van der Waals surface area contributed by atoms with Crippen molar-refractivity contribution in [3.05, 3.63) is 34.9 Å². The SMILES string of the molecule is Clc1cccc(CC(CBr)CC2CCOCC2)c1. The second-order valence-electron chi connectivity index (χ2n) is 5.15. The van der Waals surface area contributed by atoms with E-state index in [4.69, 9.17) is 16.3 Å². The third-order valence-corrected chi connectivity index (χ3v) is 4.79. The monoisotopic (exact) mass is 330 g/mol. The maximum Gasteiger partial charge on any atom is 0.0468 e. The summed E-state index contributed by atoms with van der Waals surface area (Å²) in [4.78, 5) is 0. The molecule has 2 rings (SSSR count). The van der Waals surface area contributed by atoms with E-state index in [9.17, 15) is 0 Å². The van der Waals surface area contributed by atoms with Crippen LogP contribution in [0.3, 0.4) is 0 Å². The average Bonchev–Trinajstić information content (AvgIpc) is 2.39. The Morgan fingerprint density at radius 3 is 2.78 bits per heavy atom. The zero-order valence-electron chi connectivity index (χ0n) is 10.6. The van der Waals surface area contributed by atoms with Gasteiger partial charge in [0.2, 0.25) is 0 Å². The van der Waals surface area contributed by atoms with Crippen LogP contribution in [0.1, 0.15) is 24.8 Å². The molecule has 1 saturated heterocycles. The van der Waals surface area contributed by atoms with E-state index in [1.807, 2.05) is 12.1 Å². The first kappa shape index (κ1) is 14.4. The number of hydrogen-bond acceptors (Lipinski definition) is 1. The third-order valence-electron chi connectivity index (χ3n) is 3.64. The fraction of sp³-hybridized carbons (Fsp3) is 0.600. The molecule has 0 spiro atoms. The van der Waals surface area contributed by atoms with E-state index in [0.717, 1.165) is 35.9 Å². The van der Waals surface area contributed by atoms with Gasteiger partial charge in [0, 0.05) is 23.6 Å². The molecule has 0 aliphatic carbocycles. The lowest BCUT2D eigenvalue weighted by atomic mass is 9.87. The Balaban J connectivity index is 1.88. The molecule has 1 aliphatic heterocycles. The number of hydrogen-bond donors (Lipinski definition) is 0. The molecule has 0 saturated carbocycles. The molecule has 1 aromatic rings. The molecule has 100 valence electrons. The van der Waals surface area contributed by atoms with Crippen LogP contribution in [-0.2, 0) is 11.2 Å². The Morgan fingerprint density at radius 1 is 1.33 bits per heavy atom. The Hall–Kier alpha value is -0.0500. The summed E-state index contributed by atoms with van der Waals surface area (Å²) in [6.07, 6.45) is 4.85. The van der Waals surface area contributed by atoms with E-state index in [-0.39, 0.29) is 0 Å². The predicted molar refractivity (Wildman–Crippen MR) is 80.6 cm³/mol. The van der Waals surface area contributed by atoms with Crippen LogP contribution in [0.4, 0.5) is 0 Å². The van der Waals surface area contributed by atoms with Crippen molar-refractivity contribution in [3.8, 4) is 0 Å². The van der Waals surface area contributed by atoms with Crippen LogP contribution < -0.4 is 0 Å². The summed E-state index contributed by atoms with van der Waals surface area (Å²) in [7, 11) is 0. The third kappa shape index (κ3) is 4.56. The normalized spacial score (nSPS) is 18.8. The lowest BCUT2D eigenvalue weighted by molar-refractivity contribution is 0.0596. The van der Waals surface area contributed by atoms with E-state index < -0.39 is 0 Å². The van der Waals surface area contributed by atoms with Gasteiger partial charge >= 0.3 is 0 Å². The van der Waals surface area contributed by atoms with Crippen molar-refractivity contribution in [2.75, 3.05) is 18.5 Å². The Bertz CT molecular complexity index is 363. The highest BCUT2D eigenvalue weighted by Crippen LogP contribution is 2.26. The van der Waals surface area contributed by atoms with Gasteiger partial charge in [-0.05, 0) is 55.2 Å². The van der Waals surface area contributed by atoms with Gasteiger partial charge in [0.1, 0.15) is 0 Å². The summed E-state index contributed by atoms with van der Waals surface area (Å²) in [6, 6.07) is 8.23. The largest absolute Gasteiger partial charge is 0.381 e. The van der Waals surface area contributed by atoms with Gasteiger partial charge in [0.05, 0.1) is 0 Å². The molecular weight excluding hydrogens is 312 g/mol. The lowest BCUT2D eigenvalue weighted by Gasteiger charge is -2.25. The minimum absolute atomic E-state index is 0.701. The maximum atomic E-state index is 6.04. The average molecular weight is 332 g/mol. The summed E-state index contributed by atoms with van der Waals surface area (Å²) in [5.41, 5.74) is 1.35. The van der Waals surface area contributed by atoms with Gasteiger partial charge in [-0.2, -0.15) is 0 Å². The van der Waals surface area contributed by atoms with Crippen molar-refractivity contribution in [2.45, 2.75) is 25.7 Å². The second-order valence-corrected chi connectivity index (χ2v) is 6.23. The van der Waals surface area contributed by atoms with E-state index in [1.54, 1.807) is 0 Å². The molecule has 1 unspecified atom stereocenters. The first-order valence-corrected chi connectivity index (χ1v) is 8.16. The molecule has 1 fully saturated rings. The number of benzene rings is 1. The van der Waals surface area contributed by atoms with Gasteiger partial charge in [0.15, 0.2) is 0 Å². The van der Waals surface area contributed by atoms with Crippen molar-refractivity contribution in [1.29, 1.82) is 0 Å². The van der Waals surface area contributed by atoms with E-state index in [2.05, 4.69) is 28.1 Å². The topological polar surface area (TPSA) is 9.23 Å². The fourth-order valence-electron chi connectivity index (χ4n) is 2.65. The summed E-state index contributed by atoms with van der Waals surface area (Å²) in [6.45, 7) is 1.88. The van der Waals surface area contributed by atoms with Gasteiger partial charge < -0.3 is 4.74 Å². The lowest BCUT2D eigenvalue weighted by Crippen LogP contribution is -2.20. The highest BCUT2D eigenvalue weighted by atomic mass is 79.9. The van der Waals surface area contributed by atoms with Crippen LogP contribution in [0, 0.1) is 11.8 Å². The molecule has 0 aromatic heterocycles. The standard InChI is InChI=1S/C15H20BrClO/c16-11-14(8-12-4-6-18-7-5-12)9-13-2-1-3-15(17)10-13/h1-3,10,12,14H,4-9,11H2. The molecule has 0 N–H and O–H groups in total. The highest BCUT2D eigenvalue weighted by Gasteiger charge is 2.19. The molecule has 18 heavy (non-hydrogen) atoms. The van der Waals surface area contributed by atoms with Gasteiger partial charge in [-0.25, -0.2) is 0 Å². The molecule has 0 amide bonds. The smallest absolute Gasteiger partial charge is 0.0468 e. The predicted octanol–water partition coefficient (Wildman–Crippen LogP) is 4.71. The number of ether oxygens (including phenoxy) is 1. The van der Waals surface area contributed by atoms with E-state index >= 15 is 0 Å². The molecule has 1 nitrogen and oxygen atoms in total. The van der Waals surface area contributed by atoms with Crippen molar-refractivity contribution in [3.63, 3.8) is 0 Å². The highest BCUT2D eigenvalue weighted by molar-refractivity contribution is 9.09. The van der Waals surface area contributed by atoms with Gasteiger partial charge in [-0.3, -0.25) is 0 Å². The Labute approximate surface area is 123 Å². The Kier molecular flexibility index (Phi) is 6.00. The van der Waals surface area contributed by atoms with Crippen LogP contribution >= 0.6 is 27.5 Å². The van der Waals surface area contributed by atoms with Crippen LogP contribution in [0.2, 0.25) is 5.02 Å². The van der Waals surface area contributed by atoms with Crippen molar-refractivity contribution in [2.24, 2.45) is 11.8 Å². The summed E-state index contributed by atoms with van der Waals surface area (Å²) >= 11 is 9.69. The van der Waals surface area contributed by atoms with Crippen LogP contribution in [0.5, 0.6) is 0 Å². The maximum absolute atomic E-state index is 6.04. The van der Waals surface area contributed by atoms with Crippen LogP contribution in [0.15, 0.2) is 24.3 Å². The van der Waals surface area contributed by atoms with Crippen molar-refractivity contribution >= 4 is 27.5 Å². The molecule has 0 radical (unpaired) electrons. The van der Waals surface area contributed by atoms with Crippen molar-refractivity contribution < 1.29 is 4.74 Å². The fourth-order valence-corrected chi connectivity index (χ4v) is 3.36. The molecule has 1 aromatic carbocycles. The van der Waals surface area contributed by atoms with Crippen molar-refractivity contribution in [1.82, 2.24) is 0 Å². The summed E-state index contributed by atoms with van der Waals surface area (Å²) in [5.74, 6) is 1.53. The Morgan fingerprint density at radius 2 is 2.11 bits per heavy atom. The first-order valence-electron chi connectivity index (χ1n) is 6.66.